The van der Waals surface area contributed by atoms with Gasteiger partial charge >= 0.3 is 5.00 Å². The minimum Gasteiger partial charge on any atom is -0.338 e. The van der Waals surface area contributed by atoms with Gasteiger partial charge in [0, 0.05) is 24.5 Å². The van der Waals surface area contributed by atoms with Crippen molar-refractivity contribution < 1.29 is 9.72 Å². The van der Waals surface area contributed by atoms with Gasteiger partial charge in [-0.25, -0.2) is 0 Å². The van der Waals surface area contributed by atoms with Gasteiger partial charge in [-0.05, 0) is 32.4 Å². The molecule has 1 unspecified atom stereocenters. The standard InChI is InChI=1S/C12H17N3O3S/c1-13-6-9-3-2-4-14(7-9)12(16)10-5-11(15(17)18)19-8-10/h5,8-9,13H,2-4,6-7H2,1H3. The minimum atomic E-state index is -0.457. The zero-order chi connectivity index (χ0) is 13.8. The molecule has 1 aliphatic rings. The Morgan fingerprint density at radius 3 is 3.11 bits per heavy atom. The highest BCUT2D eigenvalue weighted by Gasteiger charge is 2.25. The zero-order valence-electron chi connectivity index (χ0n) is 10.8. The van der Waals surface area contributed by atoms with Crippen molar-refractivity contribution in [3.05, 3.63) is 27.1 Å². The molecular formula is C12H17N3O3S. The fraction of sp³-hybridized carbons (Fsp3) is 0.583. The van der Waals surface area contributed by atoms with E-state index >= 15 is 0 Å². The van der Waals surface area contributed by atoms with Gasteiger partial charge in [-0.1, -0.05) is 11.3 Å². The normalized spacial score (nSPS) is 19.4. The lowest BCUT2D eigenvalue weighted by molar-refractivity contribution is -0.380. The molecule has 1 aromatic heterocycles. The van der Waals surface area contributed by atoms with E-state index < -0.39 is 4.92 Å². The summed E-state index contributed by atoms with van der Waals surface area (Å²) in [4.78, 5) is 24.3. The summed E-state index contributed by atoms with van der Waals surface area (Å²) in [5.41, 5.74) is 0.432. The number of hydrogen-bond acceptors (Lipinski definition) is 5. The quantitative estimate of drug-likeness (QED) is 0.674. The van der Waals surface area contributed by atoms with Gasteiger partial charge in [0.25, 0.3) is 5.91 Å². The minimum absolute atomic E-state index is 0.0205. The predicted octanol–water partition coefficient (Wildman–Crippen LogP) is 1.73. The van der Waals surface area contributed by atoms with Crippen molar-refractivity contribution in [1.29, 1.82) is 0 Å². The third-order valence-corrected chi connectivity index (χ3v) is 4.19. The summed E-state index contributed by atoms with van der Waals surface area (Å²) in [5, 5.41) is 15.4. The lowest BCUT2D eigenvalue weighted by Gasteiger charge is -2.32. The summed E-state index contributed by atoms with van der Waals surface area (Å²) >= 11 is 1.00. The largest absolute Gasteiger partial charge is 0.338 e. The van der Waals surface area contributed by atoms with Crippen molar-refractivity contribution in [2.75, 3.05) is 26.7 Å². The van der Waals surface area contributed by atoms with E-state index in [-0.39, 0.29) is 10.9 Å². The Morgan fingerprint density at radius 2 is 2.47 bits per heavy atom. The molecule has 1 atom stereocenters. The smallest absolute Gasteiger partial charge is 0.324 e. The van der Waals surface area contributed by atoms with Crippen molar-refractivity contribution in [3.63, 3.8) is 0 Å². The average Bonchev–Trinajstić information content (AvgIpc) is 2.88. The lowest BCUT2D eigenvalue weighted by atomic mass is 9.97. The number of nitrogens with one attached hydrogen (secondary N) is 1. The van der Waals surface area contributed by atoms with Gasteiger partial charge in [-0.3, -0.25) is 14.9 Å². The fourth-order valence-corrected chi connectivity index (χ4v) is 3.12. The van der Waals surface area contributed by atoms with E-state index in [9.17, 15) is 14.9 Å². The Hall–Kier alpha value is -1.47. The van der Waals surface area contributed by atoms with Crippen LogP contribution in [-0.2, 0) is 0 Å². The Bertz CT molecular complexity index is 473. The van der Waals surface area contributed by atoms with E-state index in [4.69, 9.17) is 0 Å². The molecule has 1 fully saturated rings. The first-order valence-electron chi connectivity index (χ1n) is 6.28. The van der Waals surface area contributed by atoms with Crippen molar-refractivity contribution >= 4 is 22.2 Å². The number of likely N-dealkylation sites (tertiary alicyclic amines) is 1. The molecule has 0 bridgehead atoms. The summed E-state index contributed by atoms with van der Waals surface area (Å²) in [6, 6.07) is 1.37. The van der Waals surface area contributed by atoms with E-state index in [1.807, 2.05) is 7.05 Å². The SMILES string of the molecule is CNCC1CCCN(C(=O)c2csc([N+](=O)[O-])c2)C1. The van der Waals surface area contributed by atoms with Crippen LogP contribution in [0.25, 0.3) is 0 Å². The van der Waals surface area contributed by atoms with Gasteiger partial charge in [0.05, 0.1) is 10.5 Å². The molecule has 0 saturated carbocycles. The Kier molecular flexibility index (Phi) is 4.49. The molecular weight excluding hydrogens is 266 g/mol. The summed E-state index contributed by atoms with van der Waals surface area (Å²) < 4.78 is 0. The number of hydrogen-bond donors (Lipinski definition) is 1. The van der Waals surface area contributed by atoms with Crippen LogP contribution in [-0.4, -0.2) is 42.4 Å². The molecule has 7 heteroatoms. The van der Waals surface area contributed by atoms with Crippen LogP contribution in [0.1, 0.15) is 23.2 Å². The van der Waals surface area contributed by atoms with Gasteiger partial charge in [0.1, 0.15) is 0 Å². The molecule has 19 heavy (non-hydrogen) atoms. The lowest BCUT2D eigenvalue weighted by Crippen LogP contribution is -2.42. The van der Waals surface area contributed by atoms with E-state index in [0.717, 1.165) is 43.8 Å². The molecule has 6 nitrogen and oxygen atoms in total. The molecule has 0 radical (unpaired) electrons. The number of carbonyl (C=O) groups is 1. The molecule has 1 aliphatic heterocycles. The number of rotatable bonds is 4. The molecule has 1 aromatic rings. The van der Waals surface area contributed by atoms with Crippen molar-refractivity contribution in [1.82, 2.24) is 10.2 Å². The Morgan fingerprint density at radius 1 is 1.68 bits per heavy atom. The molecule has 2 rings (SSSR count). The third-order valence-electron chi connectivity index (χ3n) is 3.31. The summed E-state index contributed by atoms with van der Waals surface area (Å²) in [6.07, 6.45) is 2.11. The van der Waals surface area contributed by atoms with Crippen LogP contribution in [0.15, 0.2) is 11.4 Å². The topological polar surface area (TPSA) is 75.5 Å². The number of thiophene rings is 1. The number of nitrogens with zero attached hydrogens (tertiary/aromatic N) is 2. The van der Waals surface area contributed by atoms with Crippen LogP contribution >= 0.6 is 11.3 Å². The maximum absolute atomic E-state index is 12.3. The summed E-state index contributed by atoms with van der Waals surface area (Å²) in [7, 11) is 1.91. The predicted molar refractivity (Wildman–Crippen MR) is 73.5 cm³/mol. The van der Waals surface area contributed by atoms with Gasteiger partial charge in [-0.15, -0.1) is 0 Å². The molecule has 104 valence electrons. The monoisotopic (exact) mass is 283 g/mol. The van der Waals surface area contributed by atoms with E-state index in [2.05, 4.69) is 5.32 Å². The average molecular weight is 283 g/mol. The molecule has 1 saturated heterocycles. The Balaban J connectivity index is 2.03. The van der Waals surface area contributed by atoms with Gasteiger partial charge in [0.2, 0.25) is 0 Å². The first kappa shape index (κ1) is 14.0. The van der Waals surface area contributed by atoms with Crippen LogP contribution in [0.3, 0.4) is 0 Å². The Labute approximate surface area is 115 Å². The second-order valence-corrected chi connectivity index (χ2v) is 5.64. The van der Waals surface area contributed by atoms with Crippen LogP contribution in [0.5, 0.6) is 0 Å². The molecule has 2 heterocycles. The highest BCUT2D eigenvalue weighted by molar-refractivity contribution is 7.13. The van der Waals surface area contributed by atoms with Crippen molar-refractivity contribution in [3.8, 4) is 0 Å². The van der Waals surface area contributed by atoms with Crippen molar-refractivity contribution in [2.24, 2.45) is 5.92 Å². The second kappa shape index (κ2) is 6.12. The van der Waals surface area contributed by atoms with Crippen LogP contribution < -0.4 is 5.32 Å². The first-order chi connectivity index (χ1) is 9.11. The van der Waals surface area contributed by atoms with Crippen LogP contribution in [0.2, 0.25) is 0 Å². The number of carbonyl (C=O) groups excluding carboxylic acids is 1. The van der Waals surface area contributed by atoms with Gasteiger partial charge < -0.3 is 10.2 Å². The highest BCUT2D eigenvalue weighted by Crippen LogP contribution is 2.25. The maximum atomic E-state index is 12.3. The van der Waals surface area contributed by atoms with Crippen LogP contribution in [0, 0.1) is 16.0 Å². The highest BCUT2D eigenvalue weighted by atomic mass is 32.1. The molecule has 1 N–H and O–H groups in total. The molecule has 0 aliphatic carbocycles. The zero-order valence-corrected chi connectivity index (χ0v) is 11.6. The van der Waals surface area contributed by atoms with Crippen LogP contribution in [0.4, 0.5) is 5.00 Å². The molecule has 0 spiro atoms. The van der Waals surface area contributed by atoms with E-state index in [0.29, 0.717) is 11.5 Å². The summed E-state index contributed by atoms with van der Waals surface area (Å²) in [6.45, 7) is 2.36. The number of piperidine rings is 1. The third kappa shape index (κ3) is 3.30. The van der Waals surface area contributed by atoms with Gasteiger partial charge in [-0.2, -0.15) is 0 Å². The van der Waals surface area contributed by atoms with Crippen molar-refractivity contribution in [2.45, 2.75) is 12.8 Å². The maximum Gasteiger partial charge on any atom is 0.324 e. The summed E-state index contributed by atoms with van der Waals surface area (Å²) in [5.74, 6) is 0.376. The first-order valence-corrected chi connectivity index (χ1v) is 7.16. The molecule has 0 aromatic carbocycles. The number of amides is 1. The van der Waals surface area contributed by atoms with E-state index in [1.165, 1.54) is 6.07 Å². The van der Waals surface area contributed by atoms with Gasteiger partial charge in [0.15, 0.2) is 0 Å². The second-order valence-electron chi connectivity index (χ2n) is 4.75. The number of nitro groups is 1. The fourth-order valence-electron chi connectivity index (χ4n) is 2.42. The van der Waals surface area contributed by atoms with E-state index in [1.54, 1.807) is 10.3 Å². The molecule has 1 amide bonds.